The van der Waals surface area contributed by atoms with Gasteiger partial charge in [0, 0.05) is 12.7 Å². The van der Waals surface area contributed by atoms with Crippen molar-refractivity contribution >= 4 is 11.6 Å². The van der Waals surface area contributed by atoms with Crippen molar-refractivity contribution in [2.45, 2.75) is 25.7 Å². The second kappa shape index (κ2) is 3.05. The molecule has 1 amide bonds. The van der Waals surface area contributed by atoms with Gasteiger partial charge in [-0.1, -0.05) is 6.92 Å². The molecule has 0 saturated heterocycles. The third-order valence-corrected chi connectivity index (χ3v) is 3.40. The van der Waals surface area contributed by atoms with Crippen LogP contribution in [-0.4, -0.2) is 13.0 Å². The molecule has 1 aliphatic heterocycles. The molecule has 2 rings (SSSR count). The molecule has 0 saturated carbocycles. The number of benzene rings is 1. The minimum absolute atomic E-state index is 0.0469. The van der Waals surface area contributed by atoms with Crippen molar-refractivity contribution in [2.75, 3.05) is 11.9 Å². The number of anilines is 1. The molecule has 3 heteroatoms. The highest BCUT2D eigenvalue weighted by molar-refractivity contribution is 6.07. The van der Waals surface area contributed by atoms with Crippen LogP contribution in [0.3, 0.4) is 0 Å². The Kier molecular flexibility index (Phi) is 2.07. The van der Waals surface area contributed by atoms with E-state index in [0.717, 1.165) is 11.3 Å². The summed E-state index contributed by atoms with van der Waals surface area (Å²) in [5.74, 6) is -0.234. The van der Waals surface area contributed by atoms with Crippen LogP contribution in [0.15, 0.2) is 18.2 Å². The zero-order valence-corrected chi connectivity index (χ0v) is 9.17. The number of hydrogen-bond acceptors (Lipinski definition) is 1. The molecule has 15 heavy (non-hydrogen) atoms. The Morgan fingerprint density at radius 2 is 2.13 bits per heavy atom. The Balaban J connectivity index is 2.67. The average Bonchev–Trinajstić information content (AvgIpc) is 2.42. The molecule has 1 aromatic carbocycles. The summed E-state index contributed by atoms with van der Waals surface area (Å²) in [6, 6.07) is 4.54. The van der Waals surface area contributed by atoms with Crippen molar-refractivity contribution in [1.29, 1.82) is 0 Å². The monoisotopic (exact) mass is 207 g/mol. The van der Waals surface area contributed by atoms with Crippen molar-refractivity contribution in [3.05, 3.63) is 29.6 Å². The van der Waals surface area contributed by atoms with Gasteiger partial charge in [-0.25, -0.2) is 4.39 Å². The molecule has 0 unspecified atom stereocenters. The lowest BCUT2D eigenvalue weighted by Crippen LogP contribution is -2.35. The predicted octanol–water partition coefficient (Wildman–Crippen LogP) is 2.47. The Labute approximate surface area is 88.7 Å². The van der Waals surface area contributed by atoms with Gasteiger partial charge in [0.15, 0.2) is 0 Å². The summed E-state index contributed by atoms with van der Waals surface area (Å²) in [5, 5.41) is 0. The van der Waals surface area contributed by atoms with E-state index in [4.69, 9.17) is 0 Å². The van der Waals surface area contributed by atoms with Gasteiger partial charge in [0.05, 0.1) is 5.41 Å². The van der Waals surface area contributed by atoms with Crippen LogP contribution in [0.4, 0.5) is 10.1 Å². The van der Waals surface area contributed by atoms with Gasteiger partial charge in [-0.05, 0) is 37.1 Å². The normalized spacial score (nSPS) is 24.5. The largest absolute Gasteiger partial charge is 0.314 e. The fourth-order valence-corrected chi connectivity index (χ4v) is 2.18. The molecule has 1 aromatic rings. The molecule has 0 fully saturated rings. The van der Waals surface area contributed by atoms with Crippen LogP contribution in [0, 0.1) is 5.82 Å². The van der Waals surface area contributed by atoms with Gasteiger partial charge >= 0.3 is 0 Å². The van der Waals surface area contributed by atoms with E-state index in [1.54, 1.807) is 18.0 Å². The summed E-state index contributed by atoms with van der Waals surface area (Å²) in [7, 11) is 1.74. The van der Waals surface area contributed by atoms with Crippen LogP contribution in [-0.2, 0) is 10.2 Å². The van der Waals surface area contributed by atoms with E-state index in [1.165, 1.54) is 12.1 Å². The topological polar surface area (TPSA) is 20.3 Å². The standard InChI is InChI=1S/C12H14FNO/c1-4-12(2)9-7-8(13)5-6-10(9)14(3)11(12)15/h5-7H,4H2,1-3H3/t12-/m1/s1. The predicted molar refractivity (Wildman–Crippen MR) is 57.5 cm³/mol. The van der Waals surface area contributed by atoms with Gasteiger partial charge in [0.25, 0.3) is 0 Å². The van der Waals surface area contributed by atoms with Crippen molar-refractivity contribution < 1.29 is 9.18 Å². The fraction of sp³-hybridized carbons (Fsp3) is 0.417. The van der Waals surface area contributed by atoms with Crippen LogP contribution >= 0.6 is 0 Å². The van der Waals surface area contributed by atoms with E-state index < -0.39 is 5.41 Å². The molecule has 0 aromatic heterocycles. The van der Waals surface area contributed by atoms with E-state index in [0.29, 0.717) is 6.42 Å². The SMILES string of the molecule is CC[C@@]1(C)C(=O)N(C)c2ccc(F)cc21. The summed E-state index contributed by atoms with van der Waals surface area (Å²) >= 11 is 0. The number of carbonyl (C=O) groups excluding carboxylic acids is 1. The van der Waals surface area contributed by atoms with Gasteiger partial charge in [-0.3, -0.25) is 4.79 Å². The lowest BCUT2D eigenvalue weighted by molar-refractivity contribution is -0.122. The number of carbonyl (C=O) groups is 1. The molecule has 1 aliphatic rings. The quantitative estimate of drug-likeness (QED) is 0.692. The van der Waals surface area contributed by atoms with Crippen LogP contribution in [0.5, 0.6) is 0 Å². The van der Waals surface area contributed by atoms with Gasteiger partial charge in [-0.15, -0.1) is 0 Å². The highest BCUT2D eigenvalue weighted by atomic mass is 19.1. The molecule has 0 radical (unpaired) electrons. The first-order chi connectivity index (χ1) is 7.00. The molecule has 80 valence electrons. The van der Waals surface area contributed by atoms with E-state index in [2.05, 4.69) is 0 Å². The maximum Gasteiger partial charge on any atom is 0.237 e. The van der Waals surface area contributed by atoms with Crippen LogP contribution in [0.25, 0.3) is 0 Å². The van der Waals surface area contributed by atoms with Crippen molar-refractivity contribution in [2.24, 2.45) is 0 Å². The highest BCUT2D eigenvalue weighted by Gasteiger charge is 2.44. The van der Waals surface area contributed by atoms with E-state index in [-0.39, 0.29) is 11.7 Å². The summed E-state index contributed by atoms with van der Waals surface area (Å²) < 4.78 is 13.2. The number of nitrogens with zero attached hydrogens (tertiary/aromatic N) is 1. The first-order valence-electron chi connectivity index (χ1n) is 5.09. The Morgan fingerprint density at radius 3 is 2.73 bits per heavy atom. The summed E-state index contributed by atoms with van der Waals surface area (Å²) in [6.07, 6.45) is 0.687. The van der Waals surface area contributed by atoms with Crippen molar-refractivity contribution in [3.8, 4) is 0 Å². The molecule has 2 nitrogen and oxygen atoms in total. The second-order valence-electron chi connectivity index (χ2n) is 4.21. The first kappa shape index (κ1) is 10.1. The molecule has 1 heterocycles. The summed E-state index contributed by atoms with van der Waals surface area (Å²) in [4.78, 5) is 13.6. The molecule has 0 bridgehead atoms. The maximum absolute atomic E-state index is 13.2. The van der Waals surface area contributed by atoms with E-state index >= 15 is 0 Å². The number of halogens is 1. The third kappa shape index (κ3) is 1.19. The Morgan fingerprint density at radius 1 is 1.47 bits per heavy atom. The zero-order chi connectivity index (χ0) is 11.2. The minimum Gasteiger partial charge on any atom is -0.314 e. The second-order valence-corrected chi connectivity index (χ2v) is 4.21. The number of rotatable bonds is 1. The van der Waals surface area contributed by atoms with Crippen LogP contribution in [0.2, 0.25) is 0 Å². The number of hydrogen-bond donors (Lipinski definition) is 0. The van der Waals surface area contributed by atoms with Crippen LogP contribution in [0.1, 0.15) is 25.8 Å². The molecule has 0 aliphatic carbocycles. The summed E-state index contributed by atoms with van der Waals surface area (Å²) in [5.41, 5.74) is 1.06. The minimum atomic E-state index is -0.563. The number of likely N-dealkylation sites (N-methyl/N-ethyl adjacent to an activating group) is 1. The Hall–Kier alpha value is -1.38. The lowest BCUT2D eigenvalue weighted by atomic mass is 9.81. The van der Waals surface area contributed by atoms with Crippen molar-refractivity contribution in [1.82, 2.24) is 0 Å². The molecule has 0 N–H and O–H groups in total. The molecule has 1 atom stereocenters. The fourth-order valence-electron chi connectivity index (χ4n) is 2.18. The van der Waals surface area contributed by atoms with E-state index in [1.807, 2.05) is 13.8 Å². The smallest absolute Gasteiger partial charge is 0.237 e. The molecular weight excluding hydrogens is 193 g/mol. The van der Waals surface area contributed by atoms with Crippen molar-refractivity contribution in [3.63, 3.8) is 0 Å². The van der Waals surface area contributed by atoms with Gasteiger partial charge in [0.1, 0.15) is 5.82 Å². The van der Waals surface area contributed by atoms with Gasteiger partial charge < -0.3 is 4.90 Å². The maximum atomic E-state index is 13.2. The van der Waals surface area contributed by atoms with Gasteiger partial charge in [-0.2, -0.15) is 0 Å². The lowest BCUT2D eigenvalue weighted by Gasteiger charge is -2.20. The first-order valence-corrected chi connectivity index (χ1v) is 5.09. The zero-order valence-electron chi connectivity index (χ0n) is 9.17. The third-order valence-electron chi connectivity index (χ3n) is 3.40. The van der Waals surface area contributed by atoms with E-state index in [9.17, 15) is 9.18 Å². The number of amides is 1. The highest BCUT2D eigenvalue weighted by Crippen LogP contribution is 2.43. The average molecular weight is 207 g/mol. The van der Waals surface area contributed by atoms with Gasteiger partial charge in [0.2, 0.25) is 5.91 Å². The summed E-state index contributed by atoms with van der Waals surface area (Å²) in [6.45, 7) is 3.82. The Bertz CT molecular complexity index is 430. The molecule has 0 spiro atoms. The van der Waals surface area contributed by atoms with Crippen LogP contribution < -0.4 is 4.90 Å². The molecular formula is C12H14FNO. The number of fused-ring (bicyclic) bond motifs is 1.